The third kappa shape index (κ3) is 13.7. The first-order valence-electron chi connectivity index (χ1n) is 18.5. The van der Waals surface area contributed by atoms with Crippen LogP contribution in [0.5, 0.6) is 11.5 Å². The lowest BCUT2D eigenvalue weighted by atomic mass is 10.0. The van der Waals surface area contributed by atoms with Crippen molar-refractivity contribution in [3.63, 3.8) is 0 Å². The number of aromatic nitrogens is 1. The number of para-hydroxylation sites is 1. The highest BCUT2D eigenvalue weighted by Gasteiger charge is 2.12. The number of anilines is 1. The predicted molar refractivity (Wildman–Crippen MR) is 221 cm³/mol. The summed E-state index contributed by atoms with van der Waals surface area (Å²) in [5.74, 6) is -0.748. The van der Waals surface area contributed by atoms with Crippen LogP contribution in [0.25, 0.3) is 10.2 Å². The monoisotopic (exact) mass is 805 g/mol. The Hall–Kier alpha value is -6.80. The number of hydrogen-bond acceptors (Lipinski definition) is 14. The summed E-state index contributed by atoms with van der Waals surface area (Å²) in [6, 6.07) is 26.9. The van der Waals surface area contributed by atoms with E-state index in [4.69, 9.17) is 28.4 Å². The molecule has 58 heavy (non-hydrogen) atoms. The fourth-order valence-corrected chi connectivity index (χ4v) is 6.06. The van der Waals surface area contributed by atoms with Gasteiger partial charge < -0.3 is 28.4 Å². The van der Waals surface area contributed by atoms with Crippen molar-refractivity contribution in [3.05, 3.63) is 144 Å². The Morgan fingerprint density at radius 2 is 1.22 bits per heavy atom. The summed E-state index contributed by atoms with van der Waals surface area (Å²) in [5.41, 5.74) is 7.26. The third-order valence-electron chi connectivity index (χ3n) is 8.21. The van der Waals surface area contributed by atoms with Crippen LogP contribution in [0.3, 0.4) is 0 Å². The Morgan fingerprint density at radius 1 is 0.655 bits per heavy atom. The average Bonchev–Trinajstić information content (AvgIpc) is 3.67. The van der Waals surface area contributed by atoms with E-state index in [2.05, 4.69) is 28.7 Å². The van der Waals surface area contributed by atoms with Gasteiger partial charge in [-0.15, -0.1) is 0 Å². The number of thiazole rings is 1. The summed E-state index contributed by atoms with van der Waals surface area (Å²) in [4.78, 5) is 52.4. The molecule has 5 aromatic rings. The molecule has 0 amide bonds. The molecule has 1 aromatic heterocycles. The number of hydrazone groups is 1. The van der Waals surface area contributed by atoms with Gasteiger partial charge in [0.15, 0.2) is 0 Å². The average molecular weight is 806 g/mol. The van der Waals surface area contributed by atoms with Crippen molar-refractivity contribution in [2.75, 3.05) is 45.1 Å². The SMILES string of the molecule is C=CC(=O)OCCCOc1ccc(C(=O)OCCc2ccc(CCOC(=O)c3ccc(OCCCOC(=O)C=C)cc3)c(/C=N/Nc3nc4ccccc4s3)c2)cc1. The van der Waals surface area contributed by atoms with E-state index in [1.54, 1.807) is 54.7 Å². The summed E-state index contributed by atoms with van der Waals surface area (Å²) in [5, 5.41) is 5.10. The number of esters is 4. The van der Waals surface area contributed by atoms with Crippen molar-refractivity contribution < 1.29 is 47.6 Å². The maximum absolute atomic E-state index is 12.8. The Balaban J connectivity index is 1.13. The molecule has 0 spiro atoms. The first kappa shape index (κ1) is 42.3. The van der Waals surface area contributed by atoms with Crippen LogP contribution in [0.4, 0.5) is 5.13 Å². The first-order chi connectivity index (χ1) is 28.3. The van der Waals surface area contributed by atoms with Crippen LogP contribution in [-0.4, -0.2) is 74.7 Å². The molecule has 1 N–H and O–H groups in total. The van der Waals surface area contributed by atoms with Crippen molar-refractivity contribution >= 4 is 56.8 Å². The highest BCUT2D eigenvalue weighted by atomic mass is 32.1. The zero-order valence-corrected chi connectivity index (χ0v) is 32.6. The number of ether oxygens (including phenoxy) is 6. The molecular weight excluding hydrogens is 763 g/mol. The number of carbonyl (C=O) groups excluding carboxylic acids is 4. The molecule has 0 unspecified atom stereocenters. The third-order valence-corrected chi connectivity index (χ3v) is 9.15. The number of benzene rings is 4. The molecule has 1 heterocycles. The Bertz CT molecular complexity index is 2170. The number of nitrogens with zero attached hydrogens (tertiary/aromatic N) is 2. The van der Waals surface area contributed by atoms with Gasteiger partial charge in [-0.2, -0.15) is 5.10 Å². The Morgan fingerprint density at radius 3 is 1.79 bits per heavy atom. The van der Waals surface area contributed by atoms with Gasteiger partial charge in [0.05, 0.1) is 67.2 Å². The molecule has 0 saturated carbocycles. The van der Waals surface area contributed by atoms with Gasteiger partial charge in [-0.25, -0.2) is 24.2 Å². The minimum Gasteiger partial charge on any atom is -0.493 e. The molecule has 14 heteroatoms. The van der Waals surface area contributed by atoms with Gasteiger partial charge in [-0.3, -0.25) is 5.43 Å². The molecule has 5 rings (SSSR count). The van der Waals surface area contributed by atoms with Gasteiger partial charge in [0.25, 0.3) is 0 Å². The highest BCUT2D eigenvalue weighted by molar-refractivity contribution is 7.22. The van der Waals surface area contributed by atoms with E-state index in [0.717, 1.165) is 39.1 Å². The minimum absolute atomic E-state index is 0.124. The summed E-state index contributed by atoms with van der Waals surface area (Å²) in [6.07, 6.45) is 5.80. The minimum atomic E-state index is -0.481. The van der Waals surface area contributed by atoms with Gasteiger partial charge in [0, 0.05) is 37.8 Å². The van der Waals surface area contributed by atoms with Crippen molar-refractivity contribution in [2.45, 2.75) is 25.7 Å². The van der Waals surface area contributed by atoms with Crippen molar-refractivity contribution in [2.24, 2.45) is 5.10 Å². The zero-order chi connectivity index (χ0) is 41.0. The van der Waals surface area contributed by atoms with Crippen molar-refractivity contribution in [1.29, 1.82) is 0 Å². The zero-order valence-electron chi connectivity index (χ0n) is 31.8. The van der Waals surface area contributed by atoms with Gasteiger partial charge in [0.2, 0.25) is 5.13 Å². The number of hydrogen-bond donors (Lipinski definition) is 1. The lowest BCUT2D eigenvalue weighted by molar-refractivity contribution is -0.138. The van der Waals surface area contributed by atoms with E-state index in [1.165, 1.54) is 11.3 Å². The van der Waals surface area contributed by atoms with Crippen LogP contribution in [0.1, 0.15) is 50.2 Å². The standard InChI is InChI=1S/C44H43N3O10S/c1-3-40(48)54-25-7-23-52-36-17-13-33(14-18-36)42(50)56-27-21-31-11-12-32(35(29-31)30-45-47-44-46-38-9-5-6-10-39(38)58-44)22-28-57-43(51)34-15-19-37(20-16-34)53-24-8-26-55-41(49)4-2/h3-6,9-20,29-30H,1-2,7-8,21-28H2,(H,46,47)/b45-30+. The van der Waals surface area contributed by atoms with Gasteiger partial charge >= 0.3 is 23.9 Å². The van der Waals surface area contributed by atoms with Gasteiger partial charge in [0.1, 0.15) is 11.5 Å². The summed E-state index contributed by atoms with van der Waals surface area (Å²) in [7, 11) is 0. The number of fused-ring (bicyclic) bond motifs is 1. The maximum Gasteiger partial charge on any atom is 0.338 e. The molecule has 300 valence electrons. The molecule has 0 bridgehead atoms. The van der Waals surface area contributed by atoms with Crippen LogP contribution in [0.2, 0.25) is 0 Å². The predicted octanol–water partition coefficient (Wildman–Crippen LogP) is 7.54. The second-order valence-electron chi connectivity index (χ2n) is 12.4. The summed E-state index contributed by atoms with van der Waals surface area (Å²) >= 11 is 1.49. The smallest absolute Gasteiger partial charge is 0.338 e. The topological polar surface area (TPSA) is 161 Å². The van der Waals surface area contributed by atoms with Gasteiger partial charge in [-0.05, 0) is 83.4 Å². The summed E-state index contributed by atoms with van der Waals surface area (Å²) in [6.45, 7) is 8.10. The van der Waals surface area contributed by atoms with Crippen LogP contribution in [-0.2, 0) is 41.4 Å². The van der Waals surface area contributed by atoms with E-state index in [9.17, 15) is 19.2 Å². The second kappa shape index (κ2) is 22.7. The van der Waals surface area contributed by atoms with Crippen LogP contribution in [0, 0.1) is 0 Å². The number of rotatable bonds is 23. The normalized spacial score (nSPS) is 10.8. The lowest BCUT2D eigenvalue weighted by Crippen LogP contribution is -2.10. The first-order valence-corrected chi connectivity index (χ1v) is 19.3. The maximum atomic E-state index is 12.8. The Kier molecular flexibility index (Phi) is 16.6. The fourth-order valence-electron chi connectivity index (χ4n) is 5.24. The molecule has 0 saturated heterocycles. The van der Waals surface area contributed by atoms with E-state index >= 15 is 0 Å². The second-order valence-corrected chi connectivity index (χ2v) is 13.4. The molecule has 0 aliphatic carbocycles. The Labute approximate surface area is 339 Å². The van der Waals surface area contributed by atoms with E-state index in [-0.39, 0.29) is 26.4 Å². The summed E-state index contributed by atoms with van der Waals surface area (Å²) < 4.78 is 33.3. The molecule has 0 aliphatic rings. The fraction of sp³-hybridized carbons (Fsp3) is 0.227. The number of nitrogens with one attached hydrogen (secondary N) is 1. The molecule has 13 nitrogen and oxygen atoms in total. The quantitative estimate of drug-likeness (QED) is 0.0173. The largest absolute Gasteiger partial charge is 0.493 e. The van der Waals surface area contributed by atoms with Crippen LogP contribution >= 0.6 is 11.3 Å². The van der Waals surface area contributed by atoms with E-state index < -0.39 is 23.9 Å². The molecule has 0 fully saturated rings. The van der Waals surface area contributed by atoms with E-state index in [0.29, 0.717) is 66.7 Å². The molecule has 0 atom stereocenters. The molecular formula is C44H43N3O10S. The number of carbonyl (C=O) groups is 4. The van der Waals surface area contributed by atoms with E-state index in [1.807, 2.05) is 42.5 Å². The molecule has 0 aliphatic heterocycles. The molecule has 0 radical (unpaired) electrons. The van der Waals surface area contributed by atoms with Gasteiger partial charge in [-0.1, -0.05) is 48.8 Å². The lowest BCUT2D eigenvalue weighted by Gasteiger charge is -2.11. The van der Waals surface area contributed by atoms with Crippen LogP contribution < -0.4 is 14.9 Å². The molecule has 4 aromatic carbocycles. The van der Waals surface area contributed by atoms with Crippen molar-refractivity contribution in [3.8, 4) is 11.5 Å². The highest BCUT2D eigenvalue weighted by Crippen LogP contribution is 2.25. The van der Waals surface area contributed by atoms with Crippen molar-refractivity contribution in [1.82, 2.24) is 4.98 Å². The van der Waals surface area contributed by atoms with Crippen LogP contribution in [0.15, 0.2) is 121 Å².